The number of hydrogen-bond acceptors (Lipinski definition) is 1. The molecule has 0 radical (unpaired) electrons. The molecule has 0 aromatic heterocycles. The van der Waals surface area contributed by atoms with Crippen molar-refractivity contribution >= 4 is 5.69 Å². The molecular weight excluding hydrogens is 146 g/mol. The molecule has 12 heavy (non-hydrogen) atoms. The third-order valence-electron chi connectivity index (χ3n) is 3.14. The molecule has 2 atom stereocenters. The van der Waals surface area contributed by atoms with Gasteiger partial charge in [-0.05, 0) is 18.6 Å². The Hall–Kier alpha value is -0.980. The van der Waals surface area contributed by atoms with Gasteiger partial charge in [-0.15, -0.1) is 0 Å². The number of para-hydroxylation sites is 1. The molecule has 1 nitrogen and oxygen atoms in total. The third kappa shape index (κ3) is 0.857. The van der Waals surface area contributed by atoms with E-state index in [1.807, 2.05) is 0 Å². The SMILES string of the molecule is C[C@@H]1[C@@H](C)c2ccccc2N1C. The summed E-state index contributed by atoms with van der Waals surface area (Å²) in [6, 6.07) is 9.32. The number of likely N-dealkylation sites (N-methyl/N-ethyl adjacent to an activating group) is 1. The maximum absolute atomic E-state index is 2.36. The molecule has 2 rings (SSSR count). The lowest BCUT2D eigenvalue weighted by atomic mass is 9.99. The van der Waals surface area contributed by atoms with Gasteiger partial charge in [0, 0.05) is 24.7 Å². The zero-order valence-electron chi connectivity index (χ0n) is 7.91. The molecule has 0 bridgehead atoms. The molecule has 64 valence electrons. The highest BCUT2D eigenvalue weighted by atomic mass is 15.2. The third-order valence-corrected chi connectivity index (χ3v) is 3.14. The Kier molecular flexibility index (Phi) is 1.60. The molecular formula is C11H15N. The Labute approximate surface area is 74.0 Å². The molecule has 0 amide bonds. The molecule has 1 heterocycles. The Morgan fingerprint density at radius 1 is 1.17 bits per heavy atom. The lowest BCUT2D eigenvalue weighted by Gasteiger charge is -2.20. The molecule has 0 N–H and O–H groups in total. The minimum atomic E-state index is 0.641. The largest absolute Gasteiger partial charge is 0.371 e. The van der Waals surface area contributed by atoms with E-state index < -0.39 is 0 Å². The van der Waals surface area contributed by atoms with Gasteiger partial charge in [0.15, 0.2) is 0 Å². The second kappa shape index (κ2) is 2.51. The fourth-order valence-electron chi connectivity index (χ4n) is 2.01. The monoisotopic (exact) mass is 161 g/mol. The van der Waals surface area contributed by atoms with Gasteiger partial charge in [-0.1, -0.05) is 25.1 Å². The molecule has 1 heteroatoms. The average Bonchev–Trinajstić information content (AvgIpc) is 2.33. The number of rotatable bonds is 0. The van der Waals surface area contributed by atoms with E-state index in [1.165, 1.54) is 11.3 Å². The topological polar surface area (TPSA) is 3.24 Å². The summed E-state index contributed by atoms with van der Waals surface area (Å²) < 4.78 is 0. The van der Waals surface area contributed by atoms with Crippen LogP contribution in [0.2, 0.25) is 0 Å². The Morgan fingerprint density at radius 3 is 2.50 bits per heavy atom. The van der Waals surface area contributed by atoms with Crippen molar-refractivity contribution in [2.24, 2.45) is 0 Å². The maximum Gasteiger partial charge on any atom is 0.0402 e. The first-order valence-corrected chi connectivity index (χ1v) is 4.53. The molecule has 0 spiro atoms. The molecule has 0 fully saturated rings. The first kappa shape index (κ1) is 7.66. The molecule has 1 aliphatic rings. The van der Waals surface area contributed by atoms with Gasteiger partial charge in [0.1, 0.15) is 0 Å². The smallest absolute Gasteiger partial charge is 0.0402 e. The van der Waals surface area contributed by atoms with Crippen LogP contribution in [0.4, 0.5) is 5.69 Å². The predicted octanol–water partition coefficient (Wildman–Crippen LogP) is 2.63. The van der Waals surface area contributed by atoms with E-state index in [2.05, 4.69) is 50.1 Å². The average molecular weight is 161 g/mol. The summed E-state index contributed by atoms with van der Waals surface area (Å²) in [7, 11) is 2.17. The van der Waals surface area contributed by atoms with Crippen LogP contribution in [0.1, 0.15) is 25.3 Å². The summed E-state index contributed by atoms with van der Waals surface area (Å²) in [6.45, 7) is 4.58. The van der Waals surface area contributed by atoms with Gasteiger partial charge in [-0.3, -0.25) is 0 Å². The zero-order valence-corrected chi connectivity index (χ0v) is 7.91. The van der Waals surface area contributed by atoms with Crippen molar-refractivity contribution in [1.29, 1.82) is 0 Å². The van der Waals surface area contributed by atoms with Crippen LogP contribution in [0.3, 0.4) is 0 Å². The highest BCUT2D eigenvalue weighted by Gasteiger charge is 2.29. The highest BCUT2D eigenvalue weighted by molar-refractivity contribution is 5.60. The summed E-state index contributed by atoms with van der Waals surface area (Å²) in [4.78, 5) is 2.36. The van der Waals surface area contributed by atoms with Crippen molar-refractivity contribution in [2.45, 2.75) is 25.8 Å². The van der Waals surface area contributed by atoms with Gasteiger partial charge >= 0.3 is 0 Å². The highest BCUT2D eigenvalue weighted by Crippen LogP contribution is 2.38. The van der Waals surface area contributed by atoms with Crippen molar-refractivity contribution in [3.63, 3.8) is 0 Å². The molecule has 1 aromatic rings. The number of anilines is 1. The van der Waals surface area contributed by atoms with Crippen molar-refractivity contribution in [2.75, 3.05) is 11.9 Å². The maximum atomic E-state index is 2.36. The van der Waals surface area contributed by atoms with Gasteiger partial charge < -0.3 is 4.90 Å². The second-order valence-electron chi connectivity index (χ2n) is 3.70. The van der Waals surface area contributed by atoms with Crippen LogP contribution in [-0.2, 0) is 0 Å². The lowest BCUT2D eigenvalue weighted by molar-refractivity contribution is 0.626. The van der Waals surface area contributed by atoms with Crippen LogP contribution >= 0.6 is 0 Å². The van der Waals surface area contributed by atoms with Crippen LogP contribution in [0, 0.1) is 0 Å². The fourth-order valence-corrected chi connectivity index (χ4v) is 2.01. The number of benzene rings is 1. The lowest BCUT2D eigenvalue weighted by Crippen LogP contribution is -2.25. The van der Waals surface area contributed by atoms with E-state index in [4.69, 9.17) is 0 Å². The molecule has 0 saturated heterocycles. The van der Waals surface area contributed by atoms with Gasteiger partial charge in [0.2, 0.25) is 0 Å². The van der Waals surface area contributed by atoms with Crippen LogP contribution in [0.25, 0.3) is 0 Å². The van der Waals surface area contributed by atoms with Crippen LogP contribution in [-0.4, -0.2) is 13.1 Å². The van der Waals surface area contributed by atoms with E-state index in [0.717, 1.165) is 0 Å². The standard InChI is InChI=1S/C11H15N/c1-8-9(2)12(3)11-7-5-4-6-10(8)11/h4-9H,1-3H3/t8-,9-/m1/s1. The van der Waals surface area contributed by atoms with Crippen molar-refractivity contribution in [1.82, 2.24) is 0 Å². The van der Waals surface area contributed by atoms with Crippen molar-refractivity contribution in [3.05, 3.63) is 29.8 Å². The van der Waals surface area contributed by atoms with Crippen LogP contribution in [0.5, 0.6) is 0 Å². The summed E-state index contributed by atoms with van der Waals surface area (Å²) in [5, 5.41) is 0. The fraction of sp³-hybridized carbons (Fsp3) is 0.455. The Balaban J connectivity index is 2.52. The molecule has 1 aromatic carbocycles. The number of nitrogens with zero attached hydrogens (tertiary/aromatic N) is 1. The first-order valence-electron chi connectivity index (χ1n) is 4.53. The van der Waals surface area contributed by atoms with E-state index in [-0.39, 0.29) is 0 Å². The number of fused-ring (bicyclic) bond motifs is 1. The molecule has 0 unspecified atom stereocenters. The van der Waals surface area contributed by atoms with Gasteiger partial charge in [0.25, 0.3) is 0 Å². The Bertz CT molecular complexity index is 264. The quantitative estimate of drug-likeness (QED) is 0.565. The first-order chi connectivity index (χ1) is 5.72. The minimum Gasteiger partial charge on any atom is -0.371 e. The van der Waals surface area contributed by atoms with Gasteiger partial charge in [-0.25, -0.2) is 0 Å². The van der Waals surface area contributed by atoms with Crippen LogP contribution < -0.4 is 4.90 Å². The minimum absolute atomic E-state index is 0.641. The van der Waals surface area contributed by atoms with Gasteiger partial charge in [0.05, 0.1) is 0 Å². The number of hydrogen-bond donors (Lipinski definition) is 0. The molecule has 1 aliphatic heterocycles. The summed E-state index contributed by atoms with van der Waals surface area (Å²) in [5.74, 6) is 0.672. The normalized spacial score (nSPS) is 27.4. The molecule has 0 saturated carbocycles. The predicted molar refractivity (Wildman–Crippen MR) is 52.7 cm³/mol. The van der Waals surface area contributed by atoms with Crippen molar-refractivity contribution in [3.8, 4) is 0 Å². The molecule has 0 aliphatic carbocycles. The summed E-state index contributed by atoms with van der Waals surface area (Å²) >= 11 is 0. The summed E-state index contributed by atoms with van der Waals surface area (Å²) in [5.41, 5.74) is 2.89. The Morgan fingerprint density at radius 2 is 1.83 bits per heavy atom. The summed E-state index contributed by atoms with van der Waals surface area (Å²) in [6.07, 6.45) is 0. The van der Waals surface area contributed by atoms with E-state index in [0.29, 0.717) is 12.0 Å². The van der Waals surface area contributed by atoms with Gasteiger partial charge in [-0.2, -0.15) is 0 Å². The van der Waals surface area contributed by atoms with E-state index in [1.54, 1.807) is 0 Å². The zero-order chi connectivity index (χ0) is 8.72. The van der Waals surface area contributed by atoms with Crippen molar-refractivity contribution < 1.29 is 0 Å². The van der Waals surface area contributed by atoms with E-state index >= 15 is 0 Å². The van der Waals surface area contributed by atoms with Crippen LogP contribution in [0.15, 0.2) is 24.3 Å². The van der Waals surface area contributed by atoms with E-state index in [9.17, 15) is 0 Å². The second-order valence-corrected chi connectivity index (χ2v) is 3.70.